The molecule has 0 unspecified atom stereocenters. The summed E-state index contributed by atoms with van der Waals surface area (Å²) in [6, 6.07) is 17.2. The van der Waals surface area contributed by atoms with Gasteiger partial charge in [-0.2, -0.15) is 0 Å². The number of piperidine rings is 1. The van der Waals surface area contributed by atoms with E-state index in [0.29, 0.717) is 19.5 Å². The molecule has 1 amide bonds. The third-order valence-electron chi connectivity index (χ3n) is 4.89. The van der Waals surface area contributed by atoms with Gasteiger partial charge in [0.25, 0.3) is 0 Å². The number of nitrogens with zero attached hydrogens (tertiary/aromatic N) is 1. The Kier molecular flexibility index (Phi) is 6.29. The predicted molar refractivity (Wildman–Crippen MR) is 106 cm³/mol. The smallest absolute Gasteiger partial charge is 0.224 e. The second-order valence-electron chi connectivity index (χ2n) is 7.15. The second-order valence-corrected chi connectivity index (χ2v) is 9.11. The van der Waals surface area contributed by atoms with Crippen molar-refractivity contribution in [3.05, 3.63) is 71.3 Å². The molecular formula is C21H26N2O3S. The molecule has 1 aliphatic rings. The molecule has 27 heavy (non-hydrogen) atoms. The van der Waals surface area contributed by atoms with E-state index in [1.54, 1.807) is 0 Å². The van der Waals surface area contributed by atoms with Crippen molar-refractivity contribution in [1.29, 1.82) is 0 Å². The average molecular weight is 387 g/mol. The molecule has 3 rings (SSSR count). The zero-order valence-corrected chi connectivity index (χ0v) is 16.4. The van der Waals surface area contributed by atoms with Crippen LogP contribution in [0.2, 0.25) is 0 Å². The number of carbonyl (C=O) groups excluding carboxylic acids is 1. The molecule has 1 saturated heterocycles. The summed E-state index contributed by atoms with van der Waals surface area (Å²) >= 11 is 0. The fourth-order valence-electron chi connectivity index (χ4n) is 3.44. The minimum atomic E-state index is -3.42. The van der Waals surface area contributed by atoms with Crippen LogP contribution in [-0.4, -0.2) is 31.7 Å². The molecule has 1 aliphatic heterocycles. The molecule has 1 N–H and O–H groups in total. The molecule has 0 bridgehead atoms. The Balaban J connectivity index is 1.59. The molecule has 0 saturated carbocycles. The number of hydrogen-bond donors (Lipinski definition) is 1. The van der Waals surface area contributed by atoms with Gasteiger partial charge in [0.15, 0.2) is 0 Å². The molecule has 1 heterocycles. The van der Waals surface area contributed by atoms with Crippen molar-refractivity contribution < 1.29 is 13.2 Å². The van der Waals surface area contributed by atoms with Crippen LogP contribution in [0.1, 0.15) is 29.5 Å². The Labute approximate surface area is 161 Å². The Hall–Kier alpha value is -2.18. The number of amides is 1. The largest absolute Gasteiger partial charge is 0.352 e. The second kappa shape index (κ2) is 8.67. The van der Waals surface area contributed by atoms with Crippen LogP contribution in [-0.2, 0) is 27.1 Å². The van der Waals surface area contributed by atoms with Gasteiger partial charge in [0.1, 0.15) is 0 Å². The minimum absolute atomic E-state index is 0.0223. The monoisotopic (exact) mass is 386 g/mol. The number of nitrogens with one attached hydrogen (secondary N) is 1. The summed E-state index contributed by atoms with van der Waals surface area (Å²) in [4.78, 5) is 12.6. The maximum absolute atomic E-state index is 12.7. The normalized spacial score (nSPS) is 18.2. The Morgan fingerprint density at radius 2 is 1.85 bits per heavy atom. The maximum atomic E-state index is 12.7. The van der Waals surface area contributed by atoms with Gasteiger partial charge in [0, 0.05) is 19.6 Å². The van der Waals surface area contributed by atoms with E-state index in [1.165, 1.54) is 4.31 Å². The molecule has 0 radical (unpaired) electrons. The third kappa shape index (κ3) is 5.40. The third-order valence-corrected chi connectivity index (χ3v) is 6.71. The first-order valence-corrected chi connectivity index (χ1v) is 10.9. The number of rotatable bonds is 6. The molecule has 0 spiro atoms. The number of sulfonamides is 1. The van der Waals surface area contributed by atoms with Crippen LogP contribution in [0.3, 0.4) is 0 Å². The predicted octanol–water partition coefficient (Wildman–Crippen LogP) is 2.85. The van der Waals surface area contributed by atoms with Gasteiger partial charge in [-0.3, -0.25) is 4.79 Å². The van der Waals surface area contributed by atoms with Gasteiger partial charge >= 0.3 is 0 Å². The van der Waals surface area contributed by atoms with E-state index < -0.39 is 10.0 Å². The Morgan fingerprint density at radius 3 is 2.59 bits per heavy atom. The maximum Gasteiger partial charge on any atom is 0.224 e. The van der Waals surface area contributed by atoms with Crippen LogP contribution in [0.4, 0.5) is 0 Å². The van der Waals surface area contributed by atoms with Crippen LogP contribution in [0.5, 0.6) is 0 Å². The van der Waals surface area contributed by atoms with Crippen molar-refractivity contribution in [2.24, 2.45) is 5.92 Å². The van der Waals surface area contributed by atoms with E-state index in [9.17, 15) is 13.2 Å². The number of benzene rings is 2. The van der Waals surface area contributed by atoms with Crippen molar-refractivity contribution in [2.45, 2.75) is 32.1 Å². The standard InChI is InChI=1S/C21H26N2O3S/c1-17-7-5-10-19(13-17)14-22-21(24)20-11-6-12-23(15-20)27(25,26)16-18-8-3-2-4-9-18/h2-5,7-10,13,20H,6,11-12,14-16H2,1H3,(H,22,24)/t20-/m0/s1. The van der Waals surface area contributed by atoms with Gasteiger partial charge in [0.05, 0.1) is 11.7 Å². The highest BCUT2D eigenvalue weighted by Gasteiger charge is 2.32. The lowest BCUT2D eigenvalue weighted by Crippen LogP contribution is -2.45. The van der Waals surface area contributed by atoms with E-state index >= 15 is 0 Å². The summed E-state index contributed by atoms with van der Waals surface area (Å²) in [5, 5.41) is 2.96. The molecule has 1 atom stereocenters. The van der Waals surface area contributed by atoms with Crippen molar-refractivity contribution in [2.75, 3.05) is 13.1 Å². The highest BCUT2D eigenvalue weighted by atomic mass is 32.2. The molecular weight excluding hydrogens is 360 g/mol. The molecule has 6 heteroatoms. The highest BCUT2D eigenvalue weighted by Crippen LogP contribution is 2.22. The van der Waals surface area contributed by atoms with Crippen molar-refractivity contribution in [3.63, 3.8) is 0 Å². The lowest BCUT2D eigenvalue weighted by atomic mass is 9.98. The molecule has 2 aromatic rings. The fourth-order valence-corrected chi connectivity index (χ4v) is 5.05. The SMILES string of the molecule is Cc1cccc(CNC(=O)[C@H]2CCCN(S(=O)(=O)Cc3ccccc3)C2)c1. The lowest BCUT2D eigenvalue weighted by Gasteiger charge is -2.31. The Bertz CT molecular complexity index is 881. The summed E-state index contributed by atoms with van der Waals surface area (Å²) in [7, 11) is -3.42. The first-order chi connectivity index (χ1) is 12.9. The van der Waals surface area contributed by atoms with Crippen LogP contribution in [0.15, 0.2) is 54.6 Å². The number of aryl methyl sites for hydroxylation is 1. The van der Waals surface area contributed by atoms with E-state index in [0.717, 1.165) is 23.1 Å². The summed E-state index contributed by atoms with van der Waals surface area (Å²) in [6.07, 6.45) is 1.42. The molecule has 5 nitrogen and oxygen atoms in total. The zero-order valence-electron chi connectivity index (χ0n) is 15.6. The van der Waals surface area contributed by atoms with Gasteiger partial charge in [-0.25, -0.2) is 12.7 Å². The summed E-state index contributed by atoms with van der Waals surface area (Å²) in [6.45, 7) is 3.22. The molecule has 1 fully saturated rings. The van der Waals surface area contributed by atoms with Gasteiger partial charge < -0.3 is 5.32 Å². The highest BCUT2D eigenvalue weighted by molar-refractivity contribution is 7.88. The Morgan fingerprint density at radius 1 is 1.11 bits per heavy atom. The fraction of sp³-hybridized carbons (Fsp3) is 0.381. The van der Waals surface area contributed by atoms with Crippen LogP contribution in [0, 0.1) is 12.8 Å². The van der Waals surface area contributed by atoms with Gasteiger partial charge in [0.2, 0.25) is 15.9 Å². The van der Waals surface area contributed by atoms with Crippen molar-refractivity contribution >= 4 is 15.9 Å². The average Bonchev–Trinajstić information content (AvgIpc) is 2.67. The quantitative estimate of drug-likeness (QED) is 0.830. The zero-order chi connectivity index (χ0) is 19.3. The van der Waals surface area contributed by atoms with E-state index in [1.807, 2.05) is 61.5 Å². The van der Waals surface area contributed by atoms with Gasteiger partial charge in [-0.1, -0.05) is 60.2 Å². The van der Waals surface area contributed by atoms with E-state index in [4.69, 9.17) is 0 Å². The molecule has 144 valence electrons. The lowest BCUT2D eigenvalue weighted by molar-refractivity contribution is -0.126. The van der Waals surface area contributed by atoms with Gasteiger partial charge in [-0.15, -0.1) is 0 Å². The minimum Gasteiger partial charge on any atom is -0.352 e. The van der Waals surface area contributed by atoms with E-state index in [2.05, 4.69) is 5.32 Å². The number of hydrogen-bond acceptors (Lipinski definition) is 3. The molecule has 0 aromatic heterocycles. The van der Waals surface area contributed by atoms with Crippen LogP contribution < -0.4 is 5.32 Å². The molecule has 2 aromatic carbocycles. The summed E-state index contributed by atoms with van der Waals surface area (Å²) in [5.41, 5.74) is 2.97. The van der Waals surface area contributed by atoms with Crippen LogP contribution in [0.25, 0.3) is 0 Å². The van der Waals surface area contributed by atoms with E-state index in [-0.39, 0.29) is 24.1 Å². The first kappa shape index (κ1) is 19.6. The molecule has 0 aliphatic carbocycles. The van der Waals surface area contributed by atoms with Crippen LogP contribution >= 0.6 is 0 Å². The van der Waals surface area contributed by atoms with Crippen molar-refractivity contribution in [3.8, 4) is 0 Å². The van der Waals surface area contributed by atoms with Crippen molar-refractivity contribution in [1.82, 2.24) is 9.62 Å². The number of carbonyl (C=O) groups is 1. The van der Waals surface area contributed by atoms with Gasteiger partial charge in [-0.05, 0) is 30.9 Å². The topological polar surface area (TPSA) is 66.5 Å². The summed E-state index contributed by atoms with van der Waals surface area (Å²) < 4.78 is 26.9. The summed E-state index contributed by atoms with van der Waals surface area (Å²) in [5.74, 6) is -0.393. The first-order valence-electron chi connectivity index (χ1n) is 9.29.